The molecule has 0 spiro atoms. The van der Waals surface area contributed by atoms with Gasteiger partial charge in [0.25, 0.3) is 0 Å². The van der Waals surface area contributed by atoms with Gasteiger partial charge in [0, 0.05) is 30.7 Å². The summed E-state index contributed by atoms with van der Waals surface area (Å²) in [5, 5.41) is 0. The van der Waals surface area contributed by atoms with Gasteiger partial charge in [0.2, 0.25) is 0 Å². The first-order chi connectivity index (χ1) is 13.2. The summed E-state index contributed by atoms with van der Waals surface area (Å²) >= 11 is 0. The highest BCUT2D eigenvalue weighted by atomic mass is 16.6. The van der Waals surface area contributed by atoms with Gasteiger partial charge in [-0.15, -0.1) is 0 Å². The maximum absolute atomic E-state index is 12.7. The van der Waals surface area contributed by atoms with E-state index in [0.717, 1.165) is 18.5 Å². The lowest BCUT2D eigenvalue weighted by molar-refractivity contribution is -0.141. The van der Waals surface area contributed by atoms with Crippen LogP contribution in [0.5, 0.6) is 0 Å². The van der Waals surface area contributed by atoms with Crippen LogP contribution in [0, 0.1) is 6.92 Å². The topological polar surface area (TPSA) is 59.1 Å². The predicted octanol–water partition coefficient (Wildman–Crippen LogP) is 3.86. The summed E-state index contributed by atoms with van der Waals surface area (Å²) in [6.45, 7) is 11.5. The van der Waals surface area contributed by atoms with Gasteiger partial charge in [0.1, 0.15) is 12.1 Å². The first-order valence-electron chi connectivity index (χ1n) is 10.2. The summed E-state index contributed by atoms with van der Waals surface area (Å²) < 4.78 is 10.8. The second-order valence-electron chi connectivity index (χ2n) is 8.74. The number of ether oxygens (including phenoxy) is 2. The van der Waals surface area contributed by atoms with E-state index in [1.54, 1.807) is 0 Å². The largest absolute Gasteiger partial charge is 0.465 e. The summed E-state index contributed by atoms with van der Waals surface area (Å²) in [5.41, 5.74) is 2.97. The number of amides is 1. The standard InChI is InChI=1S/C22H32N2O4/c1-6-27-20(25)14-24-18-8-7-11-23(21(26)28-22(3,4)5)13-17(18)16-12-15(2)9-10-19(16)24/h9-10,12,17-18H,6-8,11,13-14H2,1-5H3/t17-,18?/m0/s1. The number of hydrogen-bond donors (Lipinski definition) is 0. The lowest BCUT2D eigenvalue weighted by Crippen LogP contribution is -2.41. The molecule has 0 saturated carbocycles. The van der Waals surface area contributed by atoms with Crippen LogP contribution in [0.1, 0.15) is 57.6 Å². The Morgan fingerprint density at radius 2 is 2.00 bits per heavy atom. The van der Waals surface area contributed by atoms with Crippen molar-refractivity contribution in [3.8, 4) is 0 Å². The molecule has 1 aromatic carbocycles. The van der Waals surface area contributed by atoms with Crippen LogP contribution in [0.2, 0.25) is 0 Å². The third kappa shape index (κ3) is 4.42. The highest BCUT2D eigenvalue weighted by Gasteiger charge is 2.42. The first-order valence-corrected chi connectivity index (χ1v) is 10.2. The number of esters is 1. The quantitative estimate of drug-likeness (QED) is 0.736. The van der Waals surface area contributed by atoms with E-state index in [2.05, 4.69) is 30.0 Å². The van der Waals surface area contributed by atoms with E-state index in [1.165, 1.54) is 11.1 Å². The third-order valence-corrected chi connectivity index (χ3v) is 5.36. The predicted molar refractivity (Wildman–Crippen MR) is 109 cm³/mol. The number of benzene rings is 1. The van der Waals surface area contributed by atoms with Crippen molar-refractivity contribution in [2.75, 3.05) is 31.1 Å². The molecular formula is C22H32N2O4. The number of fused-ring (bicyclic) bond motifs is 3. The summed E-state index contributed by atoms with van der Waals surface area (Å²) in [6, 6.07) is 6.55. The molecule has 1 amide bonds. The van der Waals surface area contributed by atoms with Gasteiger partial charge in [0.05, 0.1) is 6.61 Å². The molecule has 6 nitrogen and oxygen atoms in total. The van der Waals surface area contributed by atoms with Gasteiger partial charge in [-0.3, -0.25) is 4.79 Å². The van der Waals surface area contributed by atoms with Crippen molar-refractivity contribution in [3.05, 3.63) is 29.3 Å². The Bertz CT molecular complexity index is 741. The van der Waals surface area contributed by atoms with Gasteiger partial charge in [0.15, 0.2) is 0 Å². The van der Waals surface area contributed by atoms with Crippen LogP contribution in [-0.2, 0) is 14.3 Å². The zero-order valence-corrected chi connectivity index (χ0v) is 17.7. The Balaban J connectivity index is 1.87. The normalized spacial score (nSPS) is 21.6. The number of hydrogen-bond acceptors (Lipinski definition) is 5. The maximum Gasteiger partial charge on any atom is 0.410 e. The zero-order chi connectivity index (χ0) is 20.5. The number of carbonyl (C=O) groups is 2. The molecule has 0 bridgehead atoms. The summed E-state index contributed by atoms with van der Waals surface area (Å²) in [4.78, 5) is 28.9. The van der Waals surface area contributed by atoms with E-state index >= 15 is 0 Å². The summed E-state index contributed by atoms with van der Waals surface area (Å²) in [5.74, 6) is -0.0396. The van der Waals surface area contributed by atoms with Crippen molar-refractivity contribution in [1.29, 1.82) is 0 Å². The van der Waals surface area contributed by atoms with Crippen molar-refractivity contribution in [3.63, 3.8) is 0 Å². The van der Waals surface area contributed by atoms with Crippen molar-refractivity contribution in [2.45, 2.75) is 65.0 Å². The number of carbonyl (C=O) groups excluding carboxylic acids is 2. The molecule has 2 heterocycles. The number of nitrogens with zero attached hydrogens (tertiary/aromatic N) is 2. The molecule has 2 aliphatic rings. The molecule has 28 heavy (non-hydrogen) atoms. The van der Waals surface area contributed by atoms with Crippen LogP contribution >= 0.6 is 0 Å². The Labute approximate surface area is 167 Å². The molecule has 0 N–H and O–H groups in total. The molecule has 6 heteroatoms. The Morgan fingerprint density at radius 3 is 2.68 bits per heavy atom. The van der Waals surface area contributed by atoms with Crippen LogP contribution in [0.25, 0.3) is 0 Å². The molecule has 0 aromatic heterocycles. The minimum atomic E-state index is -0.511. The van der Waals surface area contributed by atoms with Gasteiger partial charge in [-0.1, -0.05) is 17.7 Å². The number of anilines is 1. The minimum Gasteiger partial charge on any atom is -0.465 e. The maximum atomic E-state index is 12.7. The molecule has 2 aliphatic heterocycles. The fraction of sp³-hybridized carbons (Fsp3) is 0.636. The first kappa shape index (κ1) is 20.5. The molecule has 0 radical (unpaired) electrons. The number of aryl methyl sites for hydroxylation is 1. The average molecular weight is 389 g/mol. The molecule has 1 saturated heterocycles. The van der Waals surface area contributed by atoms with Gasteiger partial charge >= 0.3 is 12.1 Å². The zero-order valence-electron chi connectivity index (χ0n) is 17.7. The average Bonchev–Trinajstić information content (AvgIpc) is 2.75. The Morgan fingerprint density at radius 1 is 1.25 bits per heavy atom. The molecule has 1 aromatic rings. The van der Waals surface area contributed by atoms with Crippen LogP contribution in [-0.4, -0.2) is 54.8 Å². The molecule has 2 atom stereocenters. The van der Waals surface area contributed by atoms with Crippen LogP contribution in [0.15, 0.2) is 18.2 Å². The van der Waals surface area contributed by atoms with Gasteiger partial charge in [-0.2, -0.15) is 0 Å². The lowest BCUT2D eigenvalue weighted by Gasteiger charge is -2.30. The van der Waals surface area contributed by atoms with Crippen molar-refractivity contribution in [1.82, 2.24) is 4.90 Å². The monoisotopic (exact) mass is 388 g/mol. The fourth-order valence-corrected chi connectivity index (χ4v) is 4.27. The second-order valence-corrected chi connectivity index (χ2v) is 8.74. The van der Waals surface area contributed by atoms with Crippen molar-refractivity contribution >= 4 is 17.7 Å². The van der Waals surface area contributed by atoms with Crippen LogP contribution in [0.3, 0.4) is 0 Å². The smallest absolute Gasteiger partial charge is 0.410 e. The van der Waals surface area contributed by atoms with Gasteiger partial charge < -0.3 is 19.3 Å². The summed E-state index contributed by atoms with van der Waals surface area (Å²) in [7, 11) is 0. The van der Waals surface area contributed by atoms with E-state index in [-0.39, 0.29) is 30.6 Å². The van der Waals surface area contributed by atoms with E-state index < -0.39 is 5.60 Å². The third-order valence-electron chi connectivity index (χ3n) is 5.36. The molecule has 1 fully saturated rings. The van der Waals surface area contributed by atoms with E-state index in [4.69, 9.17) is 9.47 Å². The van der Waals surface area contributed by atoms with E-state index in [1.807, 2.05) is 32.6 Å². The minimum absolute atomic E-state index is 0.166. The fourth-order valence-electron chi connectivity index (χ4n) is 4.27. The lowest BCUT2D eigenvalue weighted by atomic mass is 9.92. The SMILES string of the molecule is CCOC(=O)CN1c2ccc(C)cc2[C@@H]2CN(C(=O)OC(C)(C)C)CCCC21. The Kier molecular flexibility index (Phi) is 5.87. The second kappa shape index (κ2) is 8.02. The molecule has 154 valence electrons. The van der Waals surface area contributed by atoms with Gasteiger partial charge in [-0.05, 0) is 59.1 Å². The van der Waals surface area contributed by atoms with Crippen LogP contribution in [0.4, 0.5) is 10.5 Å². The van der Waals surface area contributed by atoms with Crippen molar-refractivity contribution in [2.24, 2.45) is 0 Å². The molecule has 1 unspecified atom stereocenters. The van der Waals surface area contributed by atoms with E-state index in [0.29, 0.717) is 19.7 Å². The molecule has 0 aliphatic carbocycles. The van der Waals surface area contributed by atoms with E-state index in [9.17, 15) is 9.59 Å². The highest BCUT2D eigenvalue weighted by Crippen LogP contribution is 2.44. The number of rotatable bonds is 3. The van der Waals surface area contributed by atoms with Gasteiger partial charge in [-0.25, -0.2) is 4.79 Å². The van der Waals surface area contributed by atoms with Crippen LogP contribution < -0.4 is 4.90 Å². The number of likely N-dealkylation sites (tertiary alicyclic amines) is 1. The van der Waals surface area contributed by atoms with Crippen molar-refractivity contribution < 1.29 is 19.1 Å². The molecule has 3 rings (SSSR count). The molecular weight excluding hydrogens is 356 g/mol. The Hall–Kier alpha value is -2.24. The summed E-state index contributed by atoms with van der Waals surface area (Å²) in [6.07, 6.45) is 1.55. The highest BCUT2D eigenvalue weighted by molar-refractivity contribution is 5.78.